The summed E-state index contributed by atoms with van der Waals surface area (Å²) >= 11 is 5.90. The second-order valence-corrected chi connectivity index (χ2v) is 9.62. The molecular weight excluding hydrogens is 422 g/mol. The summed E-state index contributed by atoms with van der Waals surface area (Å²) in [6.07, 6.45) is 0.768. The van der Waals surface area contributed by atoms with E-state index in [2.05, 4.69) is 4.72 Å². The van der Waals surface area contributed by atoms with Gasteiger partial charge in [0, 0.05) is 5.02 Å². The van der Waals surface area contributed by atoms with Crippen molar-refractivity contribution in [3.8, 4) is 11.1 Å². The van der Waals surface area contributed by atoms with Gasteiger partial charge in [0.1, 0.15) is 5.54 Å². The van der Waals surface area contributed by atoms with E-state index < -0.39 is 21.5 Å². The summed E-state index contributed by atoms with van der Waals surface area (Å²) in [4.78, 5) is 12.0. The molecule has 1 fully saturated rings. The Balaban J connectivity index is 1.53. The normalized spacial score (nSPS) is 20.6. The standard InChI is InChI=1S/C23H20ClNO4S/c24-20-10-6-17(7-11-20)18-8-12-21(13-9-18)30(28,29)25-23(22(26)27)15-19(23)14-16-4-2-1-3-5-16/h1-13,19,25H,14-15H2,(H,26,27)/t19-,23+/m0/s1. The lowest BCUT2D eigenvalue weighted by atomic mass is 10.1. The highest BCUT2D eigenvalue weighted by atomic mass is 35.5. The average Bonchev–Trinajstić information content (AvgIpc) is 3.42. The van der Waals surface area contributed by atoms with Gasteiger partial charge in [0.05, 0.1) is 4.90 Å². The highest BCUT2D eigenvalue weighted by molar-refractivity contribution is 7.89. The van der Waals surface area contributed by atoms with Gasteiger partial charge in [0.15, 0.2) is 0 Å². The minimum Gasteiger partial charge on any atom is -0.480 e. The van der Waals surface area contributed by atoms with Crippen molar-refractivity contribution in [1.29, 1.82) is 0 Å². The van der Waals surface area contributed by atoms with Crippen molar-refractivity contribution in [2.45, 2.75) is 23.3 Å². The average molecular weight is 442 g/mol. The molecule has 0 heterocycles. The van der Waals surface area contributed by atoms with Gasteiger partial charge < -0.3 is 5.11 Å². The van der Waals surface area contributed by atoms with Crippen LogP contribution in [-0.4, -0.2) is 25.0 Å². The number of carboxylic acids is 1. The number of carbonyl (C=O) groups is 1. The number of hydrogen-bond donors (Lipinski definition) is 2. The predicted octanol–water partition coefficient (Wildman–Crippen LogP) is 4.37. The summed E-state index contributed by atoms with van der Waals surface area (Å²) in [7, 11) is -3.98. The predicted molar refractivity (Wildman–Crippen MR) is 116 cm³/mol. The molecule has 7 heteroatoms. The summed E-state index contributed by atoms with van der Waals surface area (Å²) < 4.78 is 28.2. The third-order valence-electron chi connectivity index (χ3n) is 5.47. The number of aliphatic carboxylic acids is 1. The largest absolute Gasteiger partial charge is 0.480 e. The zero-order chi connectivity index (χ0) is 21.4. The Morgan fingerprint density at radius 2 is 1.53 bits per heavy atom. The van der Waals surface area contributed by atoms with Crippen LogP contribution in [0.1, 0.15) is 12.0 Å². The molecule has 30 heavy (non-hydrogen) atoms. The van der Waals surface area contributed by atoms with Crippen molar-refractivity contribution >= 4 is 27.6 Å². The molecule has 3 aromatic rings. The smallest absolute Gasteiger partial charge is 0.325 e. The van der Waals surface area contributed by atoms with Gasteiger partial charge in [-0.05, 0) is 59.7 Å². The molecule has 1 aliphatic rings. The highest BCUT2D eigenvalue weighted by Crippen LogP contribution is 2.47. The van der Waals surface area contributed by atoms with Gasteiger partial charge in [0.25, 0.3) is 0 Å². The van der Waals surface area contributed by atoms with Crippen LogP contribution < -0.4 is 4.72 Å². The molecule has 154 valence electrons. The van der Waals surface area contributed by atoms with Crippen molar-refractivity contribution in [2.24, 2.45) is 5.92 Å². The zero-order valence-electron chi connectivity index (χ0n) is 16.0. The lowest BCUT2D eigenvalue weighted by molar-refractivity contribution is -0.140. The first-order chi connectivity index (χ1) is 14.3. The second-order valence-electron chi connectivity index (χ2n) is 7.50. The Bertz CT molecular complexity index is 1160. The maximum Gasteiger partial charge on any atom is 0.325 e. The minimum atomic E-state index is -3.98. The third-order valence-corrected chi connectivity index (χ3v) is 7.25. The van der Waals surface area contributed by atoms with Crippen LogP contribution in [0.5, 0.6) is 0 Å². The van der Waals surface area contributed by atoms with Crippen LogP contribution in [0.2, 0.25) is 5.02 Å². The van der Waals surface area contributed by atoms with E-state index in [1.54, 1.807) is 24.3 Å². The van der Waals surface area contributed by atoms with Gasteiger partial charge in [-0.15, -0.1) is 0 Å². The Hall–Kier alpha value is -2.67. The Morgan fingerprint density at radius 3 is 2.10 bits per heavy atom. The third kappa shape index (κ3) is 4.12. The molecule has 1 aliphatic carbocycles. The number of sulfonamides is 1. The maximum atomic E-state index is 12.9. The van der Waals surface area contributed by atoms with Crippen LogP contribution >= 0.6 is 11.6 Å². The van der Waals surface area contributed by atoms with Crippen molar-refractivity contribution in [2.75, 3.05) is 0 Å². The lowest BCUT2D eigenvalue weighted by Gasteiger charge is -2.16. The maximum absolute atomic E-state index is 12.9. The van der Waals surface area contributed by atoms with Gasteiger partial charge in [-0.25, -0.2) is 8.42 Å². The van der Waals surface area contributed by atoms with E-state index in [4.69, 9.17) is 11.6 Å². The van der Waals surface area contributed by atoms with E-state index >= 15 is 0 Å². The molecule has 2 N–H and O–H groups in total. The van der Waals surface area contributed by atoms with Crippen LogP contribution in [0.15, 0.2) is 83.8 Å². The van der Waals surface area contributed by atoms with Crippen LogP contribution in [0.25, 0.3) is 11.1 Å². The van der Waals surface area contributed by atoms with Gasteiger partial charge in [-0.1, -0.05) is 66.2 Å². The number of nitrogens with one attached hydrogen (secondary N) is 1. The molecule has 0 aliphatic heterocycles. The molecule has 0 aromatic heterocycles. The lowest BCUT2D eigenvalue weighted by Crippen LogP contribution is -2.45. The summed E-state index contributed by atoms with van der Waals surface area (Å²) in [5.74, 6) is -1.44. The number of carboxylic acid groups (broad SMARTS) is 1. The van der Waals surface area contributed by atoms with Crippen molar-refractivity contribution in [3.05, 3.63) is 89.4 Å². The molecule has 0 saturated heterocycles. The summed E-state index contributed by atoms with van der Waals surface area (Å²) in [6.45, 7) is 0. The number of benzene rings is 3. The fourth-order valence-electron chi connectivity index (χ4n) is 3.67. The quantitative estimate of drug-likeness (QED) is 0.570. The molecule has 0 bridgehead atoms. The Labute approximate surface area is 180 Å². The van der Waals surface area contributed by atoms with E-state index in [0.29, 0.717) is 11.4 Å². The number of hydrogen-bond acceptors (Lipinski definition) is 3. The highest BCUT2D eigenvalue weighted by Gasteiger charge is 2.62. The first-order valence-electron chi connectivity index (χ1n) is 9.47. The molecule has 0 amide bonds. The molecule has 0 spiro atoms. The Kier molecular flexibility index (Phi) is 5.40. The van der Waals surface area contributed by atoms with E-state index in [9.17, 15) is 18.3 Å². The van der Waals surface area contributed by atoms with Crippen LogP contribution in [0.3, 0.4) is 0 Å². The molecule has 2 atom stereocenters. The summed E-state index contributed by atoms with van der Waals surface area (Å²) in [5.41, 5.74) is 1.26. The fourth-order valence-corrected chi connectivity index (χ4v) is 5.23. The number of rotatable bonds is 7. The Morgan fingerprint density at radius 1 is 0.967 bits per heavy atom. The molecule has 1 saturated carbocycles. The topological polar surface area (TPSA) is 83.5 Å². The SMILES string of the molecule is O=C(O)[C@@]1(NS(=O)(=O)c2ccc(-c3ccc(Cl)cc3)cc2)C[C@@H]1Cc1ccccc1. The van der Waals surface area contributed by atoms with Crippen molar-refractivity contribution in [1.82, 2.24) is 4.72 Å². The van der Waals surface area contributed by atoms with E-state index in [1.807, 2.05) is 42.5 Å². The minimum absolute atomic E-state index is 0.0335. The monoisotopic (exact) mass is 441 g/mol. The van der Waals surface area contributed by atoms with Gasteiger partial charge in [0.2, 0.25) is 10.0 Å². The van der Waals surface area contributed by atoms with E-state index in [-0.39, 0.29) is 17.2 Å². The van der Waals surface area contributed by atoms with Crippen molar-refractivity contribution < 1.29 is 18.3 Å². The second kappa shape index (κ2) is 7.87. The van der Waals surface area contributed by atoms with Crippen LogP contribution in [-0.2, 0) is 21.2 Å². The summed E-state index contributed by atoms with van der Waals surface area (Å²) in [6, 6.07) is 23.1. The van der Waals surface area contributed by atoms with Gasteiger partial charge in [-0.3, -0.25) is 4.79 Å². The fraction of sp³-hybridized carbons (Fsp3) is 0.174. The van der Waals surface area contributed by atoms with Crippen molar-refractivity contribution in [3.63, 3.8) is 0 Å². The van der Waals surface area contributed by atoms with Gasteiger partial charge >= 0.3 is 5.97 Å². The summed E-state index contributed by atoms with van der Waals surface area (Å²) in [5, 5.41) is 10.4. The molecule has 4 rings (SSSR count). The zero-order valence-corrected chi connectivity index (χ0v) is 17.5. The number of halogens is 1. The first kappa shape index (κ1) is 20.6. The van der Waals surface area contributed by atoms with Gasteiger partial charge in [-0.2, -0.15) is 4.72 Å². The molecule has 0 radical (unpaired) electrons. The van der Waals surface area contributed by atoms with Crippen LogP contribution in [0, 0.1) is 5.92 Å². The van der Waals surface area contributed by atoms with Crippen LogP contribution in [0.4, 0.5) is 0 Å². The first-order valence-corrected chi connectivity index (χ1v) is 11.3. The molecule has 0 unspecified atom stereocenters. The van der Waals surface area contributed by atoms with E-state index in [1.165, 1.54) is 12.1 Å². The molecular formula is C23H20ClNO4S. The molecule has 3 aromatic carbocycles. The van der Waals surface area contributed by atoms with E-state index in [0.717, 1.165) is 16.7 Å². The molecule has 5 nitrogen and oxygen atoms in total.